The molecule has 2 unspecified atom stereocenters. The number of hydrogen-bond donors (Lipinski definition) is 1. The van der Waals surface area contributed by atoms with Crippen LogP contribution in [0.3, 0.4) is 0 Å². The zero-order valence-corrected chi connectivity index (χ0v) is 24.8. The number of aliphatic carboxylic acids is 1. The molecule has 1 spiro atoms. The van der Waals surface area contributed by atoms with Gasteiger partial charge in [0.25, 0.3) is 0 Å². The molecule has 2 aliphatic heterocycles. The first kappa shape index (κ1) is 30.2. The molecule has 1 N–H and O–H groups in total. The van der Waals surface area contributed by atoms with Crippen LogP contribution in [0.2, 0.25) is 0 Å². The number of carboxylic acid groups (broad SMARTS) is 1. The minimum absolute atomic E-state index is 0.00606. The van der Waals surface area contributed by atoms with E-state index in [-0.39, 0.29) is 18.6 Å². The van der Waals surface area contributed by atoms with Crippen molar-refractivity contribution in [1.82, 2.24) is 23.9 Å². The lowest BCUT2D eigenvalue weighted by Gasteiger charge is -2.38. The minimum atomic E-state index is -4.70. The molecule has 10 nitrogen and oxygen atoms in total. The lowest BCUT2D eigenvalue weighted by Crippen LogP contribution is -2.49. The van der Waals surface area contributed by atoms with Gasteiger partial charge in [-0.3, -0.25) is 9.20 Å². The summed E-state index contributed by atoms with van der Waals surface area (Å²) in [5, 5.41) is 16.9. The van der Waals surface area contributed by atoms with Gasteiger partial charge >= 0.3 is 12.1 Å². The first-order chi connectivity index (χ1) is 21.0. The van der Waals surface area contributed by atoms with Gasteiger partial charge in [0.1, 0.15) is 21.5 Å². The van der Waals surface area contributed by atoms with Crippen molar-refractivity contribution in [2.45, 2.75) is 62.2 Å². The molecule has 1 fully saturated rings. The molecule has 4 aromatic rings. The third kappa shape index (κ3) is 5.69. The molecule has 6 rings (SSSR count). The Balaban J connectivity index is 1.38. The van der Waals surface area contributed by atoms with E-state index in [4.69, 9.17) is 9.47 Å². The molecule has 0 radical (unpaired) electrons. The van der Waals surface area contributed by atoms with E-state index in [1.807, 2.05) is 29.4 Å². The van der Waals surface area contributed by atoms with E-state index in [2.05, 4.69) is 15.2 Å². The number of rotatable bonds is 6. The average Bonchev–Trinajstić information content (AvgIpc) is 3.39. The maximum absolute atomic E-state index is 13.9. The molecule has 44 heavy (non-hydrogen) atoms. The largest absolute Gasteiger partial charge is 0.481 e. The summed E-state index contributed by atoms with van der Waals surface area (Å²) in [5.41, 5.74) is 2.72. The number of alkyl halides is 3. The normalized spacial score (nSPS) is 19.3. The summed E-state index contributed by atoms with van der Waals surface area (Å²) in [5.74, 6) is -2.56. The monoisotopic (exact) mass is 629 g/mol. The van der Waals surface area contributed by atoms with Gasteiger partial charge in [-0.25, -0.2) is 13.5 Å². The number of nitrogens with zero attached hydrogens (tertiary/aromatic N) is 5. The predicted octanol–water partition coefficient (Wildman–Crippen LogP) is 4.83. The van der Waals surface area contributed by atoms with E-state index in [9.17, 15) is 27.3 Å². The summed E-state index contributed by atoms with van der Waals surface area (Å²) >= 11 is 0. The summed E-state index contributed by atoms with van der Waals surface area (Å²) in [6, 6.07) is 10.5. The zero-order valence-electron chi connectivity index (χ0n) is 24.0. The van der Waals surface area contributed by atoms with Gasteiger partial charge < -0.3 is 14.6 Å². The van der Waals surface area contributed by atoms with Crippen LogP contribution in [0.5, 0.6) is 5.88 Å². The number of aromatic nitrogens is 4. The smallest absolute Gasteiger partial charge is 0.452 e. The molecule has 1 aromatic carbocycles. The lowest BCUT2D eigenvalue weighted by atomic mass is 9.85. The molecule has 1 saturated heterocycles. The number of carbonyl (C=O) groups is 1. The number of benzene rings is 1. The Kier molecular flexibility index (Phi) is 7.92. The van der Waals surface area contributed by atoms with Gasteiger partial charge in [-0.2, -0.15) is 13.2 Å². The third-order valence-corrected chi connectivity index (χ3v) is 9.75. The van der Waals surface area contributed by atoms with E-state index in [1.165, 1.54) is 12.3 Å². The van der Waals surface area contributed by atoms with Crippen LogP contribution >= 0.6 is 0 Å². The molecule has 3 aromatic heterocycles. The number of aryl methyl sites for hydroxylation is 2. The molecule has 0 aliphatic carbocycles. The molecule has 2 atom stereocenters. The van der Waals surface area contributed by atoms with Crippen LogP contribution in [0.25, 0.3) is 5.65 Å². The number of carboxylic acids is 1. The molecule has 2 aliphatic rings. The van der Waals surface area contributed by atoms with Crippen molar-refractivity contribution < 1.29 is 36.8 Å². The van der Waals surface area contributed by atoms with E-state index in [0.717, 1.165) is 15.5 Å². The van der Waals surface area contributed by atoms with Crippen molar-refractivity contribution >= 4 is 22.6 Å². The van der Waals surface area contributed by atoms with Gasteiger partial charge in [-0.15, -0.1) is 10.2 Å². The Labute approximate surface area is 253 Å². The molecule has 0 amide bonds. The fourth-order valence-corrected chi connectivity index (χ4v) is 7.30. The van der Waals surface area contributed by atoms with E-state index in [0.29, 0.717) is 60.1 Å². The van der Waals surface area contributed by atoms with Crippen molar-refractivity contribution in [3.05, 3.63) is 82.4 Å². The van der Waals surface area contributed by atoms with Crippen LogP contribution in [0.15, 0.2) is 53.7 Å². The molecule has 5 heterocycles. The molecule has 0 saturated carbocycles. The standard InChI is InChI=1S/C30H30F3N5O5S/c1-18-5-6-20(23(15-25(39)40)22-7-11-38-26(19(22)2)35-36-28(38)30(31,32)33)14-21(18)16-37-17-29(8-12-42-13-9-29)43-27-24(44(37)41)4-3-10-34-27/h3-7,10-11,14,23H,8-9,12-13,15-17H2,1-2H3,(H,39,40). The van der Waals surface area contributed by atoms with Gasteiger partial charge in [0.2, 0.25) is 11.7 Å². The molecular weight excluding hydrogens is 599 g/mol. The second-order valence-corrected chi connectivity index (χ2v) is 12.7. The number of pyridine rings is 2. The summed E-state index contributed by atoms with van der Waals surface area (Å²) in [6.07, 6.45) is -0.946. The van der Waals surface area contributed by atoms with Crippen LogP contribution in [0.4, 0.5) is 13.2 Å². The maximum atomic E-state index is 13.9. The topological polar surface area (TPSA) is 119 Å². The molecule has 0 bridgehead atoms. The highest BCUT2D eigenvalue weighted by molar-refractivity contribution is 7.82. The predicted molar refractivity (Wildman–Crippen MR) is 152 cm³/mol. The Hall–Kier alpha value is -3.88. The fourth-order valence-electron chi connectivity index (χ4n) is 5.98. The second kappa shape index (κ2) is 11.6. The third-order valence-electron chi connectivity index (χ3n) is 8.34. The first-order valence-electron chi connectivity index (χ1n) is 14.1. The Morgan fingerprint density at radius 2 is 1.93 bits per heavy atom. The quantitative estimate of drug-likeness (QED) is 0.322. The Morgan fingerprint density at radius 3 is 2.66 bits per heavy atom. The highest BCUT2D eigenvalue weighted by atomic mass is 32.2. The second-order valence-electron chi connectivity index (χ2n) is 11.2. The van der Waals surface area contributed by atoms with Crippen molar-refractivity contribution in [2.24, 2.45) is 0 Å². The van der Waals surface area contributed by atoms with Gasteiger partial charge in [0.05, 0.1) is 26.2 Å². The van der Waals surface area contributed by atoms with Crippen LogP contribution in [-0.4, -0.2) is 64.5 Å². The van der Waals surface area contributed by atoms with Gasteiger partial charge in [0.15, 0.2) is 5.65 Å². The van der Waals surface area contributed by atoms with Gasteiger partial charge in [0, 0.05) is 37.7 Å². The summed E-state index contributed by atoms with van der Waals surface area (Å²) in [6.45, 7) is 5.20. The van der Waals surface area contributed by atoms with E-state index >= 15 is 0 Å². The Morgan fingerprint density at radius 1 is 1.16 bits per heavy atom. The molecule has 14 heteroatoms. The lowest BCUT2D eigenvalue weighted by molar-refractivity contribution is -0.145. The van der Waals surface area contributed by atoms with Crippen LogP contribution in [0, 0.1) is 13.8 Å². The van der Waals surface area contributed by atoms with Crippen molar-refractivity contribution in [1.29, 1.82) is 0 Å². The minimum Gasteiger partial charge on any atom is -0.481 e. The summed E-state index contributed by atoms with van der Waals surface area (Å²) < 4.78 is 69.0. The molecule has 232 valence electrons. The summed E-state index contributed by atoms with van der Waals surface area (Å²) in [4.78, 5) is 16.9. The van der Waals surface area contributed by atoms with Gasteiger partial charge in [-0.1, -0.05) is 18.2 Å². The zero-order chi connectivity index (χ0) is 31.2. The first-order valence-corrected chi connectivity index (χ1v) is 15.2. The maximum Gasteiger partial charge on any atom is 0.452 e. The highest BCUT2D eigenvalue weighted by Gasteiger charge is 2.43. The fraction of sp³-hybridized carbons (Fsp3) is 0.400. The van der Waals surface area contributed by atoms with E-state index in [1.54, 1.807) is 25.3 Å². The van der Waals surface area contributed by atoms with Crippen molar-refractivity contribution in [3.8, 4) is 5.88 Å². The molecular formula is C30H30F3N5O5S. The van der Waals surface area contributed by atoms with Crippen LogP contribution in [-0.2, 0) is 33.2 Å². The van der Waals surface area contributed by atoms with Crippen LogP contribution < -0.4 is 4.74 Å². The SMILES string of the molecule is Cc1ccc(C(CC(=O)O)c2ccn3c(C(F)(F)F)nnc3c2C)cc1CN1CC2(CCOCC2)Oc2ncccc2S1=O. The van der Waals surface area contributed by atoms with Gasteiger partial charge in [-0.05, 0) is 59.9 Å². The highest BCUT2D eigenvalue weighted by Crippen LogP contribution is 2.38. The number of halogens is 3. The Bertz CT molecular complexity index is 1750. The summed E-state index contributed by atoms with van der Waals surface area (Å²) in [7, 11) is -1.59. The van der Waals surface area contributed by atoms with Crippen molar-refractivity contribution in [3.63, 3.8) is 0 Å². The van der Waals surface area contributed by atoms with Crippen molar-refractivity contribution in [2.75, 3.05) is 19.8 Å². The number of hydrogen-bond acceptors (Lipinski definition) is 7. The average molecular weight is 630 g/mol. The number of ether oxygens (including phenoxy) is 2. The van der Waals surface area contributed by atoms with E-state index < -0.39 is 40.5 Å². The number of fused-ring (bicyclic) bond motifs is 2. The van der Waals surface area contributed by atoms with Crippen LogP contribution in [0.1, 0.15) is 58.8 Å².